The van der Waals surface area contributed by atoms with Gasteiger partial charge in [-0.25, -0.2) is 0 Å². The molecular weight excluding hydrogens is 363 g/mol. The lowest BCUT2D eigenvalue weighted by molar-refractivity contribution is 0.442. The molecule has 0 aliphatic carbocycles. The highest BCUT2D eigenvalue weighted by Gasteiger charge is 2.10. The maximum absolute atomic E-state index is 8.82. The van der Waals surface area contributed by atoms with Gasteiger partial charge in [-0.2, -0.15) is 20.2 Å². The van der Waals surface area contributed by atoms with Crippen LogP contribution >= 0.6 is 23.2 Å². The van der Waals surface area contributed by atoms with Crippen LogP contribution in [0, 0.1) is 11.3 Å². The summed E-state index contributed by atoms with van der Waals surface area (Å²) in [6.07, 6.45) is 0. The minimum absolute atomic E-state index is 0.0205. The summed E-state index contributed by atoms with van der Waals surface area (Å²) < 4.78 is 5.54. The Hall–Kier alpha value is -3.08. The summed E-state index contributed by atoms with van der Waals surface area (Å²) >= 11 is 11.9. The summed E-state index contributed by atoms with van der Waals surface area (Å²) in [4.78, 5) is 12.1. The Morgan fingerprint density at radius 3 is 2.48 bits per heavy atom. The smallest absolute Gasteiger partial charge is 0.328 e. The van der Waals surface area contributed by atoms with Gasteiger partial charge in [-0.3, -0.25) is 0 Å². The molecule has 7 nitrogen and oxygen atoms in total. The van der Waals surface area contributed by atoms with Gasteiger partial charge in [0.2, 0.25) is 11.9 Å². The second kappa shape index (κ2) is 7.21. The molecule has 1 aromatic heterocycles. The number of halogens is 2. The minimum Gasteiger partial charge on any atom is -0.423 e. The monoisotopic (exact) mass is 372 g/mol. The maximum Gasteiger partial charge on any atom is 0.328 e. The van der Waals surface area contributed by atoms with Crippen LogP contribution in [0.1, 0.15) is 5.56 Å². The van der Waals surface area contributed by atoms with Gasteiger partial charge in [-0.1, -0.05) is 23.2 Å². The third kappa shape index (κ3) is 4.26. The van der Waals surface area contributed by atoms with Crippen molar-refractivity contribution < 1.29 is 4.74 Å². The quantitative estimate of drug-likeness (QED) is 0.706. The van der Waals surface area contributed by atoms with Crippen molar-refractivity contribution in [3.63, 3.8) is 0 Å². The van der Waals surface area contributed by atoms with Crippen molar-refractivity contribution in [3.05, 3.63) is 58.1 Å². The maximum atomic E-state index is 8.82. The van der Waals surface area contributed by atoms with Crippen LogP contribution in [0.2, 0.25) is 10.0 Å². The standard InChI is InChI=1S/C16H10Cl2N6O/c17-10-3-6-13(12(18)7-10)25-16-23-14(20)22-15(24-16)21-11-4-1-9(8-19)2-5-11/h1-7H,(H3,20,21,22,23,24). The molecule has 3 N–H and O–H groups in total. The zero-order valence-electron chi connectivity index (χ0n) is 12.6. The van der Waals surface area contributed by atoms with Gasteiger partial charge in [0.05, 0.1) is 16.7 Å². The molecule has 0 amide bonds. The van der Waals surface area contributed by atoms with Gasteiger partial charge in [-0.05, 0) is 42.5 Å². The first-order chi connectivity index (χ1) is 12.0. The topological polar surface area (TPSA) is 110 Å². The molecule has 0 bridgehead atoms. The molecule has 124 valence electrons. The van der Waals surface area contributed by atoms with E-state index in [9.17, 15) is 0 Å². The first kappa shape index (κ1) is 16.8. The van der Waals surface area contributed by atoms with Crippen LogP contribution in [-0.4, -0.2) is 15.0 Å². The fraction of sp³-hybridized carbons (Fsp3) is 0. The average molecular weight is 373 g/mol. The summed E-state index contributed by atoms with van der Waals surface area (Å²) in [5.74, 6) is 0.504. The lowest BCUT2D eigenvalue weighted by Gasteiger charge is -2.09. The third-order valence-corrected chi connectivity index (χ3v) is 3.53. The molecule has 0 radical (unpaired) electrons. The molecule has 25 heavy (non-hydrogen) atoms. The molecule has 0 atom stereocenters. The van der Waals surface area contributed by atoms with E-state index in [0.29, 0.717) is 27.0 Å². The van der Waals surface area contributed by atoms with E-state index in [4.69, 9.17) is 38.9 Å². The van der Waals surface area contributed by atoms with Crippen molar-refractivity contribution in [1.29, 1.82) is 5.26 Å². The van der Waals surface area contributed by atoms with Crippen molar-refractivity contribution in [2.75, 3.05) is 11.1 Å². The Labute approximate surface area is 153 Å². The molecule has 0 saturated heterocycles. The number of nitrogens with two attached hydrogens (primary N) is 1. The number of rotatable bonds is 4. The van der Waals surface area contributed by atoms with E-state index < -0.39 is 0 Å². The SMILES string of the molecule is N#Cc1ccc(Nc2nc(N)nc(Oc3ccc(Cl)cc3Cl)n2)cc1. The number of hydrogen-bond acceptors (Lipinski definition) is 7. The number of nitrogens with one attached hydrogen (secondary N) is 1. The highest BCUT2D eigenvalue weighted by Crippen LogP contribution is 2.30. The van der Waals surface area contributed by atoms with E-state index in [1.165, 1.54) is 0 Å². The Morgan fingerprint density at radius 1 is 1.04 bits per heavy atom. The average Bonchev–Trinajstić information content (AvgIpc) is 2.58. The largest absolute Gasteiger partial charge is 0.423 e. The number of hydrogen-bond donors (Lipinski definition) is 2. The van der Waals surface area contributed by atoms with Crippen molar-refractivity contribution >= 4 is 40.8 Å². The van der Waals surface area contributed by atoms with Crippen molar-refractivity contribution in [1.82, 2.24) is 15.0 Å². The molecule has 9 heteroatoms. The lowest BCUT2D eigenvalue weighted by Crippen LogP contribution is -2.05. The molecule has 0 fully saturated rings. The summed E-state index contributed by atoms with van der Waals surface area (Å²) in [5, 5.41) is 12.6. The Kier molecular flexibility index (Phi) is 4.84. The van der Waals surface area contributed by atoms with Crippen LogP contribution in [0.4, 0.5) is 17.6 Å². The number of anilines is 3. The molecule has 0 aliphatic rings. The summed E-state index contributed by atoms with van der Waals surface area (Å²) in [6.45, 7) is 0. The first-order valence-corrected chi connectivity index (χ1v) is 7.71. The van der Waals surface area contributed by atoms with E-state index >= 15 is 0 Å². The van der Waals surface area contributed by atoms with Crippen LogP contribution in [0.15, 0.2) is 42.5 Å². The van der Waals surface area contributed by atoms with Crippen LogP contribution in [0.3, 0.4) is 0 Å². The van der Waals surface area contributed by atoms with E-state index in [1.807, 2.05) is 6.07 Å². The number of ether oxygens (including phenoxy) is 1. The number of aromatic nitrogens is 3. The van der Waals surface area contributed by atoms with E-state index in [-0.39, 0.29) is 17.9 Å². The number of nitriles is 1. The normalized spacial score (nSPS) is 10.1. The Balaban J connectivity index is 1.83. The van der Waals surface area contributed by atoms with Gasteiger partial charge < -0.3 is 15.8 Å². The lowest BCUT2D eigenvalue weighted by atomic mass is 10.2. The van der Waals surface area contributed by atoms with Crippen molar-refractivity contribution in [2.24, 2.45) is 0 Å². The minimum atomic E-state index is -0.0220. The second-order valence-corrected chi connectivity index (χ2v) is 5.63. The van der Waals surface area contributed by atoms with Crippen molar-refractivity contribution in [3.8, 4) is 17.8 Å². The highest BCUT2D eigenvalue weighted by molar-refractivity contribution is 6.35. The number of nitrogens with zero attached hydrogens (tertiary/aromatic N) is 4. The van der Waals surface area contributed by atoms with Crippen LogP contribution in [0.25, 0.3) is 0 Å². The molecule has 0 unspecified atom stereocenters. The molecule has 2 aromatic carbocycles. The van der Waals surface area contributed by atoms with Gasteiger partial charge in [0.1, 0.15) is 5.75 Å². The Morgan fingerprint density at radius 2 is 1.80 bits per heavy atom. The van der Waals surface area contributed by atoms with Gasteiger partial charge >= 0.3 is 6.01 Å². The second-order valence-electron chi connectivity index (χ2n) is 4.79. The first-order valence-electron chi connectivity index (χ1n) is 6.95. The van der Waals surface area contributed by atoms with Crippen LogP contribution in [0.5, 0.6) is 11.8 Å². The fourth-order valence-corrected chi connectivity index (χ4v) is 2.33. The molecule has 3 aromatic rings. The molecule has 0 spiro atoms. The zero-order valence-corrected chi connectivity index (χ0v) is 14.1. The molecule has 0 aliphatic heterocycles. The molecule has 0 saturated carbocycles. The third-order valence-electron chi connectivity index (χ3n) is 3.00. The van der Waals surface area contributed by atoms with Gasteiger partial charge in [0, 0.05) is 10.7 Å². The molecule has 1 heterocycles. The zero-order chi connectivity index (χ0) is 17.8. The number of nitrogen functional groups attached to an aromatic ring is 1. The van der Waals surface area contributed by atoms with Gasteiger partial charge in [0.25, 0.3) is 0 Å². The fourth-order valence-electron chi connectivity index (χ4n) is 1.89. The highest BCUT2D eigenvalue weighted by atomic mass is 35.5. The van der Waals surface area contributed by atoms with E-state index in [1.54, 1.807) is 42.5 Å². The number of benzene rings is 2. The van der Waals surface area contributed by atoms with Gasteiger partial charge in [0.15, 0.2) is 0 Å². The van der Waals surface area contributed by atoms with E-state index in [2.05, 4.69) is 20.3 Å². The summed E-state index contributed by atoms with van der Waals surface area (Å²) in [7, 11) is 0. The summed E-state index contributed by atoms with van der Waals surface area (Å²) in [5.41, 5.74) is 6.92. The summed E-state index contributed by atoms with van der Waals surface area (Å²) in [6, 6.07) is 13.5. The van der Waals surface area contributed by atoms with Crippen LogP contribution < -0.4 is 15.8 Å². The predicted molar refractivity (Wildman–Crippen MR) is 95.2 cm³/mol. The molecular formula is C16H10Cl2N6O. The van der Waals surface area contributed by atoms with Gasteiger partial charge in [-0.15, -0.1) is 0 Å². The Bertz CT molecular complexity index is 956. The van der Waals surface area contributed by atoms with Crippen molar-refractivity contribution in [2.45, 2.75) is 0 Å². The molecule has 3 rings (SSSR count). The van der Waals surface area contributed by atoms with E-state index in [0.717, 1.165) is 0 Å². The van der Waals surface area contributed by atoms with Crippen LogP contribution in [-0.2, 0) is 0 Å². The predicted octanol–water partition coefficient (Wildman–Crippen LogP) is 4.17.